The average Bonchev–Trinajstić information content (AvgIpc) is 2.88. The number of aliphatic carboxylic acids is 1. The van der Waals surface area contributed by atoms with E-state index in [1.807, 2.05) is 6.07 Å². The Morgan fingerprint density at radius 1 is 1.58 bits per heavy atom. The highest BCUT2D eigenvalue weighted by atomic mass is 16.4. The van der Waals surface area contributed by atoms with Gasteiger partial charge in [-0.25, -0.2) is 4.98 Å². The molecule has 2 unspecified atom stereocenters. The molecule has 1 aliphatic rings. The molecule has 1 fully saturated rings. The molecule has 1 heterocycles. The summed E-state index contributed by atoms with van der Waals surface area (Å²) in [6, 6.07) is 5.72. The van der Waals surface area contributed by atoms with Gasteiger partial charge in [0.15, 0.2) is 0 Å². The highest BCUT2D eigenvalue weighted by Crippen LogP contribution is 2.31. The molecule has 0 saturated heterocycles. The van der Waals surface area contributed by atoms with Crippen LogP contribution in [-0.2, 0) is 11.3 Å². The number of nitrogens with one attached hydrogen (secondary N) is 1. The first kappa shape index (κ1) is 13.5. The molecule has 0 bridgehead atoms. The van der Waals surface area contributed by atoms with Gasteiger partial charge in [-0.05, 0) is 31.4 Å². The first-order chi connectivity index (χ1) is 9.22. The van der Waals surface area contributed by atoms with E-state index in [0.29, 0.717) is 18.8 Å². The number of aromatic nitrogens is 1. The minimum atomic E-state index is -0.691. The van der Waals surface area contributed by atoms with E-state index in [2.05, 4.69) is 16.4 Å². The molecule has 0 aromatic carbocycles. The largest absolute Gasteiger partial charge is 0.481 e. The van der Waals surface area contributed by atoms with Crippen LogP contribution in [0.5, 0.6) is 0 Å². The first-order valence-corrected chi connectivity index (χ1v) is 6.50. The SMILES string of the molecule is N#Cc1ncccc1CNCC1CCCC1C(=O)O. The zero-order valence-corrected chi connectivity index (χ0v) is 10.7. The molecule has 0 spiro atoms. The predicted molar refractivity (Wildman–Crippen MR) is 69.1 cm³/mol. The molecule has 1 aromatic rings. The standard InChI is InChI=1S/C14H17N3O2/c15-7-13-11(4-2-6-17-13)9-16-8-10-3-1-5-12(10)14(18)19/h2,4,6,10,12,16H,1,3,5,8-9H2,(H,18,19). The molecule has 0 radical (unpaired) electrons. The second kappa shape index (κ2) is 6.30. The third kappa shape index (κ3) is 3.30. The van der Waals surface area contributed by atoms with Crippen LogP contribution in [-0.4, -0.2) is 22.6 Å². The van der Waals surface area contributed by atoms with E-state index >= 15 is 0 Å². The summed E-state index contributed by atoms with van der Waals surface area (Å²) in [6.45, 7) is 1.23. The van der Waals surface area contributed by atoms with Gasteiger partial charge in [0.05, 0.1) is 5.92 Å². The van der Waals surface area contributed by atoms with Crippen LogP contribution in [0.2, 0.25) is 0 Å². The van der Waals surface area contributed by atoms with Gasteiger partial charge in [-0.2, -0.15) is 5.26 Å². The lowest BCUT2D eigenvalue weighted by Gasteiger charge is -2.16. The lowest BCUT2D eigenvalue weighted by Crippen LogP contribution is -2.29. The monoisotopic (exact) mass is 259 g/mol. The van der Waals surface area contributed by atoms with E-state index in [4.69, 9.17) is 10.4 Å². The molecule has 19 heavy (non-hydrogen) atoms. The third-order valence-electron chi connectivity index (χ3n) is 3.70. The second-order valence-electron chi connectivity index (χ2n) is 4.89. The number of carbonyl (C=O) groups is 1. The number of nitriles is 1. The fourth-order valence-corrected chi connectivity index (χ4v) is 2.68. The van der Waals surface area contributed by atoms with Crippen molar-refractivity contribution in [3.8, 4) is 6.07 Å². The molecule has 2 N–H and O–H groups in total. The number of rotatable bonds is 5. The van der Waals surface area contributed by atoms with Gasteiger partial charge in [0, 0.05) is 18.3 Å². The van der Waals surface area contributed by atoms with Crippen molar-refractivity contribution in [3.63, 3.8) is 0 Å². The summed E-state index contributed by atoms with van der Waals surface area (Å²) in [7, 11) is 0. The van der Waals surface area contributed by atoms with Gasteiger partial charge in [-0.1, -0.05) is 12.5 Å². The Hall–Kier alpha value is -1.93. The average molecular weight is 259 g/mol. The maximum absolute atomic E-state index is 11.1. The van der Waals surface area contributed by atoms with E-state index in [9.17, 15) is 4.79 Å². The van der Waals surface area contributed by atoms with Crippen LogP contribution in [0.3, 0.4) is 0 Å². The lowest BCUT2D eigenvalue weighted by molar-refractivity contribution is -0.142. The Kier molecular flexibility index (Phi) is 4.48. The maximum Gasteiger partial charge on any atom is 0.306 e. The Morgan fingerprint density at radius 3 is 3.16 bits per heavy atom. The number of pyridine rings is 1. The first-order valence-electron chi connectivity index (χ1n) is 6.50. The number of hydrogen-bond acceptors (Lipinski definition) is 4. The molecular weight excluding hydrogens is 242 g/mol. The van der Waals surface area contributed by atoms with Gasteiger partial charge >= 0.3 is 5.97 Å². The van der Waals surface area contributed by atoms with Crippen molar-refractivity contribution in [2.45, 2.75) is 25.8 Å². The van der Waals surface area contributed by atoms with Gasteiger partial charge in [0.1, 0.15) is 11.8 Å². The zero-order chi connectivity index (χ0) is 13.7. The summed E-state index contributed by atoms with van der Waals surface area (Å²) in [5, 5.41) is 21.3. The Labute approximate surface area is 112 Å². The zero-order valence-electron chi connectivity index (χ0n) is 10.7. The summed E-state index contributed by atoms with van der Waals surface area (Å²) in [4.78, 5) is 15.1. The number of carboxylic acid groups (broad SMARTS) is 1. The molecule has 0 aliphatic heterocycles. The number of hydrogen-bond donors (Lipinski definition) is 2. The van der Waals surface area contributed by atoms with Crippen LogP contribution >= 0.6 is 0 Å². The van der Waals surface area contributed by atoms with Crippen molar-refractivity contribution in [3.05, 3.63) is 29.6 Å². The quantitative estimate of drug-likeness (QED) is 0.837. The predicted octanol–water partition coefficient (Wildman–Crippen LogP) is 1.54. The molecule has 5 heteroatoms. The Bertz CT molecular complexity index is 496. The fraction of sp³-hybridized carbons (Fsp3) is 0.500. The smallest absolute Gasteiger partial charge is 0.306 e. The summed E-state index contributed by atoms with van der Waals surface area (Å²) in [6.07, 6.45) is 4.32. The lowest BCUT2D eigenvalue weighted by atomic mass is 9.96. The topological polar surface area (TPSA) is 86.0 Å². The Balaban J connectivity index is 1.87. The normalized spacial score (nSPS) is 22.1. The molecule has 1 aliphatic carbocycles. The van der Waals surface area contributed by atoms with Crippen molar-refractivity contribution in [2.75, 3.05) is 6.54 Å². The van der Waals surface area contributed by atoms with E-state index in [0.717, 1.165) is 24.8 Å². The molecular formula is C14H17N3O2. The Morgan fingerprint density at radius 2 is 2.42 bits per heavy atom. The fourth-order valence-electron chi connectivity index (χ4n) is 2.68. The highest BCUT2D eigenvalue weighted by molar-refractivity contribution is 5.70. The van der Waals surface area contributed by atoms with Gasteiger partial charge < -0.3 is 10.4 Å². The maximum atomic E-state index is 11.1. The van der Waals surface area contributed by atoms with Crippen LogP contribution in [0.25, 0.3) is 0 Å². The molecule has 2 rings (SSSR count). The summed E-state index contributed by atoms with van der Waals surface area (Å²) in [5.74, 6) is -0.722. The molecule has 0 amide bonds. The summed E-state index contributed by atoms with van der Waals surface area (Å²) < 4.78 is 0. The van der Waals surface area contributed by atoms with Crippen LogP contribution < -0.4 is 5.32 Å². The van der Waals surface area contributed by atoms with Crippen LogP contribution in [0.4, 0.5) is 0 Å². The van der Waals surface area contributed by atoms with Crippen molar-refractivity contribution in [1.29, 1.82) is 5.26 Å². The molecule has 2 atom stereocenters. The summed E-state index contributed by atoms with van der Waals surface area (Å²) in [5.41, 5.74) is 1.28. The number of carboxylic acids is 1. The van der Waals surface area contributed by atoms with Gasteiger partial charge in [0.25, 0.3) is 0 Å². The minimum absolute atomic E-state index is 0.194. The van der Waals surface area contributed by atoms with E-state index < -0.39 is 5.97 Å². The molecule has 1 saturated carbocycles. The molecule has 1 aromatic heterocycles. The van der Waals surface area contributed by atoms with Crippen molar-refractivity contribution in [1.82, 2.24) is 10.3 Å². The van der Waals surface area contributed by atoms with Gasteiger partial charge in [0.2, 0.25) is 0 Å². The van der Waals surface area contributed by atoms with Gasteiger partial charge in [-0.3, -0.25) is 4.79 Å². The van der Waals surface area contributed by atoms with Crippen molar-refractivity contribution in [2.24, 2.45) is 11.8 Å². The molecule has 5 nitrogen and oxygen atoms in total. The van der Waals surface area contributed by atoms with E-state index in [1.165, 1.54) is 0 Å². The third-order valence-corrected chi connectivity index (χ3v) is 3.70. The molecule has 100 valence electrons. The van der Waals surface area contributed by atoms with E-state index in [-0.39, 0.29) is 11.8 Å². The van der Waals surface area contributed by atoms with Crippen LogP contribution in [0.15, 0.2) is 18.3 Å². The minimum Gasteiger partial charge on any atom is -0.481 e. The second-order valence-corrected chi connectivity index (χ2v) is 4.89. The van der Waals surface area contributed by atoms with Crippen molar-refractivity contribution < 1.29 is 9.90 Å². The van der Waals surface area contributed by atoms with Crippen LogP contribution in [0, 0.1) is 23.2 Å². The van der Waals surface area contributed by atoms with Crippen LogP contribution in [0.1, 0.15) is 30.5 Å². The van der Waals surface area contributed by atoms with Gasteiger partial charge in [-0.15, -0.1) is 0 Å². The van der Waals surface area contributed by atoms with Crippen molar-refractivity contribution >= 4 is 5.97 Å². The number of nitrogens with zero attached hydrogens (tertiary/aromatic N) is 2. The summed E-state index contributed by atoms with van der Waals surface area (Å²) >= 11 is 0. The highest BCUT2D eigenvalue weighted by Gasteiger charge is 2.32. The van der Waals surface area contributed by atoms with E-state index in [1.54, 1.807) is 12.3 Å².